The molecule has 0 spiro atoms. The Kier molecular flexibility index (Phi) is 10.8. The van der Waals surface area contributed by atoms with Gasteiger partial charge in [-0.25, -0.2) is 8.42 Å². The number of amides is 2. The highest BCUT2D eigenvalue weighted by atomic mass is 35.5. The SMILES string of the molecule is CC[C@@H](C)NC(=O)[C@H](CC)N(Cc1ccc(Cl)cc1)C(=O)CN(c1cccc(C)c1)S(=O)(=O)c1ccc(C)cc1. The van der Waals surface area contributed by atoms with E-state index in [1.807, 2.05) is 40.7 Å². The number of hydrogen-bond donors (Lipinski definition) is 1. The molecule has 0 aliphatic rings. The van der Waals surface area contributed by atoms with Gasteiger partial charge in [0, 0.05) is 17.6 Å². The van der Waals surface area contributed by atoms with Gasteiger partial charge in [-0.15, -0.1) is 0 Å². The van der Waals surface area contributed by atoms with Gasteiger partial charge in [0.05, 0.1) is 10.6 Å². The van der Waals surface area contributed by atoms with Crippen LogP contribution in [-0.4, -0.2) is 43.8 Å². The average molecular weight is 584 g/mol. The summed E-state index contributed by atoms with van der Waals surface area (Å²) in [6.07, 6.45) is 1.10. The lowest BCUT2D eigenvalue weighted by atomic mass is 10.1. The molecule has 3 aromatic rings. The summed E-state index contributed by atoms with van der Waals surface area (Å²) in [5.41, 5.74) is 2.92. The van der Waals surface area contributed by atoms with Crippen LogP contribution in [0.25, 0.3) is 0 Å². The zero-order valence-electron chi connectivity index (χ0n) is 23.7. The fourth-order valence-electron chi connectivity index (χ4n) is 4.30. The number of anilines is 1. The number of aryl methyl sites for hydroxylation is 2. The minimum Gasteiger partial charge on any atom is -0.352 e. The van der Waals surface area contributed by atoms with Gasteiger partial charge in [-0.3, -0.25) is 13.9 Å². The zero-order valence-corrected chi connectivity index (χ0v) is 25.3. The van der Waals surface area contributed by atoms with E-state index >= 15 is 0 Å². The number of carbonyl (C=O) groups excluding carboxylic acids is 2. The maximum atomic E-state index is 14.1. The van der Waals surface area contributed by atoms with Crippen molar-refractivity contribution in [3.05, 3.63) is 94.5 Å². The van der Waals surface area contributed by atoms with Crippen LogP contribution in [0.2, 0.25) is 5.02 Å². The van der Waals surface area contributed by atoms with Crippen molar-refractivity contribution < 1.29 is 18.0 Å². The normalized spacial score (nSPS) is 12.8. The summed E-state index contributed by atoms with van der Waals surface area (Å²) in [6.45, 7) is 9.10. The fourth-order valence-corrected chi connectivity index (χ4v) is 5.83. The molecule has 0 saturated heterocycles. The maximum Gasteiger partial charge on any atom is 0.264 e. The molecule has 0 aromatic heterocycles. The third-order valence-corrected chi connectivity index (χ3v) is 8.87. The molecule has 0 aliphatic heterocycles. The van der Waals surface area contributed by atoms with Gasteiger partial charge >= 0.3 is 0 Å². The Balaban J connectivity index is 2.05. The van der Waals surface area contributed by atoms with Crippen LogP contribution < -0.4 is 9.62 Å². The molecule has 40 heavy (non-hydrogen) atoms. The summed E-state index contributed by atoms with van der Waals surface area (Å²) < 4.78 is 29.0. The van der Waals surface area contributed by atoms with Crippen LogP contribution >= 0.6 is 11.6 Å². The van der Waals surface area contributed by atoms with Crippen LogP contribution in [-0.2, 0) is 26.2 Å². The van der Waals surface area contributed by atoms with E-state index in [1.165, 1.54) is 17.0 Å². The Morgan fingerprint density at radius 1 is 0.900 bits per heavy atom. The third kappa shape index (κ3) is 7.86. The number of nitrogens with zero attached hydrogens (tertiary/aromatic N) is 2. The van der Waals surface area contributed by atoms with E-state index in [1.54, 1.807) is 54.6 Å². The lowest BCUT2D eigenvalue weighted by Gasteiger charge is -2.33. The predicted octanol–water partition coefficient (Wildman–Crippen LogP) is 5.87. The van der Waals surface area contributed by atoms with E-state index in [4.69, 9.17) is 11.6 Å². The molecule has 0 fully saturated rings. The van der Waals surface area contributed by atoms with E-state index < -0.39 is 28.5 Å². The van der Waals surface area contributed by atoms with E-state index in [0.29, 0.717) is 17.1 Å². The highest BCUT2D eigenvalue weighted by Crippen LogP contribution is 2.26. The van der Waals surface area contributed by atoms with E-state index in [0.717, 1.165) is 27.4 Å². The first-order valence-electron chi connectivity index (χ1n) is 13.5. The van der Waals surface area contributed by atoms with Crippen LogP contribution in [0.5, 0.6) is 0 Å². The van der Waals surface area contributed by atoms with Crippen molar-refractivity contribution in [3.63, 3.8) is 0 Å². The second-order valence-corrected chi connectivity index (χ2v) is 12.4. The molecule has 3 rings (SSSR count). The van der Waals surface area contributed by atoms with Crippen LogP contribution in [0, 0.1) is 13.8 Å². The third-order valence-electron chi connectivity index (χ3n) is 6.83. The second-order valence-electron chi connectivity index (χ2n) is 10.1. The van der Waals surface area contributed by atoms with Crippen molar-refractivity contribution >= 4 is 39.1 Å². The van der Waals surface area contributed by atoms with Gasteiger partial charge in [-0.2, -0.15) is 0 Å². The van der Waals surface area contributed by atoms with Crippen molar-refractivity contribution in [3.8, 4) is 0 Å². The highest BCUT2D eigenvalue weighted by molar-refractivity contribution is 7.92. The number of benzene rings is 3. The fraction of sp³-hybridized carbons (Fsp3) is 0.355. The summed E-state index contributed by atoms with van der Waals surface area (Å²) >= 11 is 6.07. The Morgan fingerprint density at radius 3 is 2.12 bits per heavy atom. The summed E-state index contributed by atoms with van der Waals surface area (Å²) in [4.78, 5) is 29.0. The summed E-state index contributed by atoms with van der Waals surface area (Å²) in [5, 5.41) is 3.53. The molecule has 7 nitrogen and oxygen atoms in total. The number of sulfonamides is 1. The van der Waals surface area contributed by atoms with Crippen molar-refractivity contribution in [1.29, 1.82) is 0 Å². The van der Waals surface area contributed by atoms with Gasteiger partial charge in [-0.1, -0.05) is 67.4 Å². The van der Waals surface area contributed by atoms with Crippen molar-refractivity contribution in [1.82, 2.24) is 10.2 Å². The Morgan fingerprint density at radius 2 is 1.55 bits per heavy atom. The average Bonchev–Trinajstić information content (AvgIpc) is 2.92. The van der Waals surface area contributed by atoms with Crippen molar-refractivity contribution in [2.24, 2.45) is 0 Å². The summed E-state index contributed by atoms with van der Waals surface area (Å²) in [6, 6.07) is 19.7. The first-order valence-corrected chi connectivity index (χ1v) is 15.3. The summed E-state index contributed by atoms with van der Waals surface area (Å²) in [5.74, 6) is -0.763. The molecule has 2 atom stereocenters. The predicted molar refractivity (Wildman–Crippen MR) is 161 cm³/mol. The maximum absolute atomic E-state index is 14.1. The molecule has 0 radical (unpaired) electrons. The first-order chi connectivity index (χ1) is 19.0. The van der Waals surface area contributed by atoms with Crippen LogP contribution in [0.15, 0.2) is 77.7 Å². The van der Waals surface area contributed by atoms with Gasteiger partial charge in [0.1, 0.15) is 12.6 Å². The van der Waals surface area contributed by atoms with E-state index in [2.05, 4.69) is 5.32 Å². The molecule has 0 heterocycles. The van der Waals surface area contributed by atoms with Crippen LogP contribution in [0.3, 0.4) is 0 Å². The van der Waals surface area contributed by atoms with Crippen LogP contribution in [0.1, 0.15) is 50.3 Å². The molecule has 9 heteroatoms. The molecule has 0 unspecified atom stereocenters. The number of carbonyl (C=O) groups is 2. The van der Waals surface area contributed by atoms with Gasteiger partial charge < -0.3 is 10.2 Å². The Bertz CT molecular complexity index is 1410. The molecule has 0 saturated carbocycles. The number of hydrogen-bond acceptors (Lipinski definition) is 4. The lowest BCUT2D eigenvalue weighted by Crippen LogP contribution is -2.53. The lowest BCUT2D eigenvalue weighted by molar-refractivity contribution is -0.140. The molecular formula is C31H38ClN3O4S. The molecule has 2 amide bonds. The minimum atomic E-state index is -4.10. The number of halogens is 1. The van der Waals surface area contributed by atoms with Crippen molar-refractivity contribution in [2.45, 2.75) is 71.0 Å². The highest BCUT2D eigenvalue weighted by Gasteiger charge is 2.34. The minimum absolute atomic E-state index is 0.0697. The molecule has 0 bridgehead atoms. The van der Waals surface area contributed by atoms with Gasteiger partial charge in [0.15, 0.2) is 0 Å². The monoisotopic (exact) mass is 583 g/mol. The van der Waals surface area contributed by atoms with Gasteiger partial charge in [0.2, 0.25) is 11.8 Å². The number of nitrogens with one attached hydrogen (secondary N) is 1. The first kappa shape index (κ1) is 31.2. The smallest absolute Gasteiger partial charge is 0.264 e. The van der Waals surface area contributed by atoms with E-state index in [-0.39, 0.29) is 23.4 Å². The van der Waals surface area contributed by atoms with Crippen LogP contribution in [0.4, 0.5) is 5.69 Å². The largest absolute Gasteiger partial charge is 0.352 e. The quantitative estimate of drug-likeness (QED) is 0.289. The zero-order chi connectivity index (χ0) is 29.4. The molecular weight excluding hydrogens is 546 g/mol. The number of rotatable bonds is 12. The van der Waals surface area contributed by atoms with Gasteiger partial charge in [-0.05, 0) is 81.1 Å². The Hall–Kier alpha value is -3.36. The molecule has 1 N–H and O–H groups in total. The molecule has 0 aliphatic carbocycles. The Labute approximate surface area is 243 Å². The van der Waals surface area contributed by atoms with E-state index in [9.17, 15) is 18.0 Å². The van der Waals surface area contributed by atoms with Crippen molar-refractivity contribution in [2.75, 3.05) is 10.8 Å². The van der Waals surface area contributed by atoms with Gasteiger partial charge in [0.25, 0.3) is 10.0 Å². The second kappa shape index (κ2) is 13.8. The summed E-state index contributed by atoms with van der Waals surface area (Å²) in [7, 11) is -4.10. The molecule has 3 aromatic carbocycles. The standard InChI is InChI=1S/C31H38ClN3O4S/c1-6-24(5)33-31(37)29(7-2)34(20-25-13-15-26(32)16-14-25)30(36)21-35(27-10-8-9-23(4)19-27)40(38,39)28-17-11-22(3)12-18-28/h8-19,24,29H,6-7,20-21H2,1-5H3,(H,33,37)/t24-,29+/m1/s1. The molecule has 214 valence electrons. The topological polar surface area (TPSA) is 86.8 Å².